The molecular formula is C16H26FN3O2. The Labute approximate surface area is 131 Å². The standard InChI is InChI=1S/C16H26FN3O2/c1-2-22-12-6-14(21)13-19-8-4-9-20(11-10-19)16-15(17)5-3-7-18-16/h3,5,7,14,21H,2,4,6,8-13H2,1H3. The quantitative estimate of drug-likeness (QED) is 0.774. The maximum absolute atomic E-state index is 13.8. The molecule has 1 aliphatic heterocycles. The van der Waals surface area contributed by atoms with Crippen molar-refractivity contribution in [2.45, 2.75) is 25.9 Å². The number of aromatic nitrogens is 1. The van der Waals surface area contributed by atoms with Crippen molar-refractivity contribution >= 4 is 5.82 Å². The van der Waals surface area contributed by atoms with E-state index in [1.165, 1.54) is 6.07 Å². The van der Waals surface area contributed by atoms with E-state index in [1.807, 2.05) is 11.8 Å². The largest absolute Gasteiger partial charge is 0.392 e. The summed E-state index contributed by atoms with van der Waals surface area (Å²) in [7, 11) is 0. The second kappa shape index (κ2) is 9.02. The fourth-order valence-corrected chi connectivity index (χ4v) is 2.73. The first-order valence-electron chi connectivity index (χ1n) is 8.04. The van der Waals surface area contributed by atoms with Gasteiger partial charge in [-0.05, 0) is 38.4 Å². The van der Waals surface area contributed by atoms with Crippen LogP contribution >= 0.6 is 0 Å². The number of anilines is 1. The first-order chi connectivity index (χ1) is 10.7. The first kappa shape index (κ1) is 17.1. The van der Waals surface area contributed by atoms with Gasteiger partial charge in [0.25, 0.3) is 0 Å². The molecule has 2 heterocycles. The number of pyridine rings is 1. The monoisotopic (exact) mass is 311 g/mol. The molecule has 1 aliphatic rings. The molecule has 0 aliphatic carbocycles. The summed E-state index contributed by atoms with van der Waals surface area (Å²) in [4.78, 5) is 8.37. The zero-order valence-corrected chi connectivity index (χ0v) is 13.2. The molecule has 0 aromatic carbocycles. The lowest BCUT2D eigenvalue weighted by Crippen LogP contribution is -2.36. The van der Waals surface area contributed by atoms with Crippen LogP contribution in [0.5, 0.6) is 0 Å². The van der Waals surface area contributed by atoms with Gasteiger partial charge in [-0.25, -0.2) is 9.37 Å². The minimum atomic E-state index is -0.371. The van der Waals surface area contributed by atoms with Gasteiger partial charge in [-0.15, -0.1) is 0 Å². The lowest BCUT2D eigenvalue weighted by Gasteiger charge is -2.24. The van der Waals surface area contributed by atoms with Crippen LogP contribution in [-0.2, 0) is 4.74 Å². The maximum atomic E-state index is 13.8. The number of β-amino-alcohol motifs (C(OH)–C–C–N with tert-alkyl or cyclic N) is 1. The smallest absolute Gasteiger partial charge is 0.165 e. The average Bonchev–Trinajstić information content (AvgIpc) is 2.74. The van der Waals surface area contributed by atoms with Crippen LogP contribution in [0.2, 0.25) is 0 Å². The molecule has 0 radical (unpaired) electrons. The van der Waals surface area contributed by atoms with Crippen molar-refractivity contribution in [3.8, 4) is 0 Å². The summed E-state index contributed by atoms with van der Waals surface area (Å²) in [6.07, 6.45) is 2.85. The van der Waals surface area contributed by atoms with Gasteiger partial charge in [0.1, 0.15) is 0 Å². The van der Waals surface area contributed by atoms with Crippen molar-refractivity contribution in [2.75, 3.05) is 50.8 Å². The lowest BCUT2D eigenvalue weighted by atomic mass is 10.2. The fourth-order valence-electron chi connectivity index (χ4n) is 2.73. The van der Waals surface area contributed by atoms with Crippen molar-refractivity contribution in [2.24, 2.45) is 0 Å². The van der Waals surface area contributed by atoms with E-state index in [0.717, 1.165) is 32.6 Å². The molecule has 0 bridgehead atoms. The van der Waals surface area contributed by atoms with Crippen molar-refractivity contribution < 1.29 is 14.2 Å². The third kappa shape index (κ3) is 5.19. The predicted molar refractivity (Wildman–Crippen MR) is 84.6 cm³/mol. The van der Waals surface area contributed by atoms with Crippen molar-refractivity contribution in [1.82, 2.24) is 9.88 Å². The highest BCUT2D eigenvalue weighted by atomic mass is 19.1. The van der Waals surface area contributed by atoms with Crippen LogP contribution < -0.4 is 4.90 Å². The van der Waals surface area contributed by atoms with Crippen LogP contribution in [0.4, 0.5) is 10.2 Å². The summed E-state index contributed by atoms with van der Waals surface area (Å²) < 4.78 is 19.1. The Hall–Kier alpha value is -1.24. The number of aliphatic hydroxyl groups excluding tert-OH is 1. The molecule has 124 valence electrons. The molecule has 0 amide bonds. The first-order valence-corrected chi connectivity index (χ1v) is 8.04. The number of nitrogens with zero attached hydrogens (tertiary/aromatic N) is 3. The highest BCUT2D eigenvalue weighted by Gasteiger charge is 2.19. The second-order valence-corrected chi connectivity index (χ2v) is 5.59. The minimum Gasteiger partial charge on any atom is -0.392 e. The van der Waals surface area contributed by atoms with Gasteiger partial charge in [0.15, 0.2) is 11.6 Å². The fraction of sp³-hybridized carbons (Fsp3) is 0.688. The Kier molecular flexibility index (Phi) is 7.02. The van der Waals surface area contributed by atoms with E-state index >= 15 is 0 Å². The Morgan fingerprint density at radius 2 is 2.23 bits per heavy atom. The summed E-state index contributed by atoms with van der Waals surface area (Å²) in [6.45, 7) is 7.11. The Morgan fingerprint density at radius 1 is 1.36 bits per heavy atom. The minimum absolute atomic E-state index is 0.271. The molecule has 1 fully saturated rings. The Balaban J connectivity index is 1.81. The summed E-state index contributed by atoms with van der Waals surface area (Å²) in [5, 5.41) is 10.0. The Bertz CT molecular complexity index is 447. The van der Waals surface area contributed by atoms with Gasteiger partial charge in [0, 0.05) is 45.6 Å². The normalized spacial score (nSPS) is 18.2. The number of ether oxygens (including phenoxy) is 1. The Morgan fingerprint density at radius 3 is 3.00 bits per heavy atom. The van der Waals surface area contributed by atoms with E-state index in [0.29, 0.717) is 32.0 Å². The SMILES string of the molecule is CCOCCC(O)CN1CCCN(c2ncccc2F)CC1. The van der Waals surface area contributed by atoms with Gasteiger partial charge in [-0.2, -0.15) is 0 Å². The van der Waals surface area contributed by atoms with Crippen LogP contribution in [0.15, 0.2) is 18.3 Å². The zero-order chi connectivity index (χ0) is 15.8. The number of aliphatic hydroxyl groups is 1. The number of hydrogen-bond acceptors (Lipinski definition) is 5. The van der Waals surface area contributed by atoms with Gasteiger partial charge in [-0.1, -0.05) is 0 Å². The van der Waals surface area contributed by atoms with Gasteiger partial charge < -0.3 is 14.7 Å². The third-order valence-corrected chi connectivity index (χ3v) is 3.90. The predicted octanol–water partition coefficient (Wildman–Crippen LogP) is 1.52. The highest BCUT2D eigenvalue weighted by molar-refractivity contribution is 5.39. The van der Waals surface area contributed by atoms with E-state index in [1.54, 1.807) is 12.3 Å². The summed E-state index contributed by atoms with van der Waals surface area (Å²) in [5.74, 6) is 0.161. The average molecular weight is 311 g/mol. The molecular weight excluding hydrogens is 285 g/mol. The van der Waals surface area contributed by atoms with E-state index in [-0.39, 0.29) is 11.9 Å². The lowest BCUT2D eigenvalue weighted by molar-refractivity contribution is 0.0652. The molecule has 1 saturated heterocycles. The molecule has 1 unspecified atom stereocenters. The number of rotatable bonds is 7. The molecule has 5 nitrogen and oxygen atoms in total. The number of hydrogen-bond donors (Lipinski definition) is 1. The third-order valence-electron chi connectivity index (χ3n) is 3.90. The molecule has 22 heavy (non-hydrogen) atoms. The van der Waals surface area contributed by atoms with Crippen LogP contribution in [0, 0.1) is 5.82 Å². The second-order valence-electron chi connectivity index (χ2n) is 5.59. The van der Waals surface area contributed by atoms with Crippen molar-refractivity contribution in [3.63, 3.8) is 0 Å². The summed E-state index contributed by atoms with van der Waals surface area (Å²) >= 11 is 0. The molecule has 1 aromatic heterocycles. The van der Waals surface area contributed by atoms with Gasteiger partial charge >= 0.3 is 0 Å². The van der Waals surface area contributed by atoms with Gasteiger partial charge in [-0.3, -0.25) is 4.90 Å². The molecule has 0 spiro atoms. The van der Waals surface area contributed by atoms with E-state index in [9.17, 15) is 9.50 Å². The van der Waals surface area contributed by atoms with Crippen molar-refractivity contribution in [3.05, 3.63) is 24.1 Å². The molecule has 6 heteroatoms. The van der Waals surface area contributed by atoms with E-state index in [2.05, 4.69) is 9.88 Å². The highest BCUT2D eigenvalue weighted by Crippen LogP contribution is 2.17. The number of halogens is 1. The zero-order valence-electron chi connectivity index (χ0n) is 13.2. The molecule has 1 aromatic rings. The van der Waals surface area contributed by atoms with Gasteiger partial charge in [0.05, 0.1) is 6.10 Å². The molecule has 1 N–H and O–H groups in total. The molecule has 1 atom stereocenters. The summed E-state index contributed by atoms with van der Waals surface area (Å²) in [6, 6.07) is 3.06. The van der Waals surface area contributed by atoms with E-state index in [4.69, 9.17) is 4.74 Å². The topological polar surface area (TPSA) is 48.8 Å². The van der Waals surface area contributed by atoms with Gasteiger partial charge in [0.2, 0.25) is 0 Å². The summed E-state index contributed by atoms with van der Waals surface area (Å²) in [5.41, 5.74) is 0. The van der Waals surface area contributed by atoms with Crippen LogP contribution in [-0.4, -0.2) is 67.0 Å². The maximum Gasteiger partial charge on any atom is 0.165 e. The van der Waals surface area contributed by atoms with E-state index < -0.39 is 0 Å². The van der Waals surface area contributed by atoms with Crippen LogP contribution in [0.1, 0.15) is 19.8 Å². The van der Waals surface area contributed by atoms with Crippen LogP contribution in [0.3, 0.4) is 0 Å². The molecule has 0 saturated carbocycles. The molecule has 2 rings (SSSR count). The van der Waals surface area contributed by atoms with Crippen LogP contribution in [0.25, 0.3) is 0 Å². The van der Waals surface area contributed by atoms with Crippen molar-refractivity contribution in [1.29, 1.82) is 0 Å².